The summed E-state index contributed by atoms with van der Waals surface area (Å²) >= 11 is 0. The maximum absolute atomic E-state index is 13.0. The minimum absolute atomic E-state index is 0.0624. The number of aromatic amines is 1. The number of nitrogens with one attached hydrogen (secondary N) is 2. The van der Waals surface area contributed by atoms with Crippen LogP contribution in [0.15, 0.2) is 35.9 Å². The fourth-order valence-corrected chi connectivity index (χ4v) is 5.10. The van der Waals surface area contributed by atoms with Gasteiger partial charge in [0, 0.05) is 35.8 Å². The number of carbonyl (C=O) groups excluding carboxylic acids is 1. The molecule has 0 bridgehead atoms. The molecule has 2 N–H and O–H groups in total. The van der Waals surface area contributed by atoms with Crippen molar-refractivity contribution in [1.82, 2.24) is 10.3 Å². The third-order valence-corrected chi connectivity index (χ3v) is 6.98. The summed E-state index contributed by atoms with van der Waals surface area (Å²) in [7, 11) is 0. The van der Waals surface area contributed by atoms with Gasteiger partial charge in [0.15, 0.2) is 0 Å². The molecule has 32 heavy (non-hydrogen) atoms. The average Bonchev–Trinajstić information content (AvgIpc) is 3.02. The van der Waals surface area contributed by atoms with E-state index in [9.17, 15) is 4.79 Å². The van der Waals surface area contributed by atoms with Crippen LogP contribution in [0.3, 0.4) is 0 Å². The average molecular weight is 434 g/mol. The summed E-state index contributed by atoms with van der Waals surface area (Å²) in [6.07, 6.45) is 17.8. The fraction of sp³-hybridized carbons (Fsp3) is 0.536. The van der Waals surface area contributed by atoms with Crippen LogP contribution in [-0.2, 0) is 11.2 Å². The molecule has 2 aliphatic rings. The van der Waals surface area contributed by atoms with Crippen molar-refractivity contribution in [3.63, 3.8) is 0 Å². The number of rotatable bonds is 9. The maximum Gasteiger partial charge on any atom is 0.251 e. The molecule has 0 radical (unpaired) electrons. The summed E-state index contributed by atoms with van der Waals surface area (Å²) in [4.78, 5) is 19.3. The van der Waals surface area contributed by atoms with E-state index >= 15 is 0 Å². The molecule has 0 spiro atoms. The van der Waals surface area contributed by atoms with Gasteiger partial charge < -0.3 is 15.2 Å². The minimum atomic E-state index is 0.0624. The molecule has 1 aromatic carbocycles. The lowest BCUT2D eigenvalue weighted by Crippen LogP contribution is -2.36. The molecule has 1 fully saturated rings. The highest BCUT2D eigenvalue weighted by Gasteiger charge is 2.21. The molecule has 0 atom stereocenters. The van der Waals surface area contributed by atoms with Crippen molar-refractivity contribution in [2.45, 2.75) is 84.1 Å². The van der Waals surface area contributed by atoms with Crippen LogP contribution in [0.4, 0.5) is 5.69 Å². The van der Waals surface area contributed by atoms with Gasteiger partial charge in [0.1, 0.15) is 0 Å². The predicted molar refractivity (Wildman–Crippen MR) is 136 cm³/mol. The van der Waals surface area contributed by atoms with E-state index in [2.05, 4.69) is 59.4 Å². The van der Waals surface area contributed by atoms with Gasteiger partial charge in [-0.3, -0.25) is 4.79 Å². The van der Waals surface area contributed by atoms with Gasteiger partial charge in [-0.1, -0.05) is 70.2 Å². The number of amides is 1. The number of hydrogen-bond acceptors (Lipinski definition) is 2. The second-order valence-electron chi connectivity index (χ2n) is 9.43. The third kappa shape index (κ3) is 5.11. The molecule has 4 heteroatoms. The van der Waals surface area contributed by atoms with Gasteiger partial charge in [-0.05, 0) is 49.8 Å². The Balaban J connectivity index is 1.64. The largest absolute Gasteiger partial charge is 0.370 e. The molecule has 0 aliphatic heterocycles. The first kappa shape index (κ1) is 22.7. The van der Waals surface area contributed by atoms with Crippen LogP contribution in [0.2, 0.25) is 0 Å². The van der Waals surface area contributed by atoms with E-state index in [-0.39, 0.29) is 5.91 Å². The number of anilines is 1. The van der Waals surface area contributed by atoms with Gasteiger partial charge in [-0.15, -0.1) is 0 Å². The van der Waals surface area contributed by atoms with E-state index in [0.29, 0.717) is 6.04 Å². The zero-order valence-corrected chi connectivity index (χ0v) is 19.9. The Labute approximate surface area is 193 Å². The first-order valence-corrected chi connectivity index (χ1v) is 12.8. The van der Waals surface area contributed by atoms with Crippen molar-refractivity contribution < 1.29 is 4.79 Å². The standard InChI is InChI=1S/C28H39N3O/c1-3-5-18-31(19-6-4-2)26-17-11-16-24-23-15-10-12-21(20-25(23)30-27(24)26)28(32)29-22-13-8-7-9-14-22/h10-12,16-17,20,22,30H,3-9,13-15,18-19H2,1-2H3,(H,29,32). The second kappa shape index (κ2) is 10.9. The van der Waals surface area contributed by atoms with Gasteiger partial charge in [-0.25, -0.2) is 0 Å². The van der Waals surface area contributed by atoms with Gasteiger partial charge in [0.25, 0.3) is 5.91 Å². The number of H-pyrrole nitrogens is 1. The van der Waals surface area contributed by atoms with Crippen LogP contribution >= 0.6 is 0 Å². The van der Waals surface area contributed by atoms with Crippen LogP contribution in [0.1, 0.15) is 82.9 Å². The number of unbranched alkanes of at least 4 members (excludes halogenated alkanes) is 2. The van der Waals surface area contributed by atoms with E-state index in [1.165, 1.54) is 67.1 Å². The van der Waals surface area contributed by atoms with Gasteiger partial charge in [0.2, 0.25) is 0 Å². The number of para-hydroxylation sites is 1. The number of benzene rings is 1. The lowest BCUT2D eigenvalue weighted by Gasteiger charge is -2.25. The highest BCUT2D eigenvalue weighted by Crippen LogP contribution is 2.34. The molecule has 0 saturated heterocycles. The van der Waals surface area contributed by atoms with Crippen molar-refractivity contribution in [3.8, 4) is 0 Å². The molecule has 4 rings (SSSR count). The van der Waals surface area contributed by atoms with Crippen LogP contribution in [-0.4, -0.2) is 30.0 Å². The molecule has 2 aliphatic carbocycles. The summed E-state index contributed by atoms with van der Waals surface area (Å²) in [6, 6.07) is 6.99. The third-order valence-electron chi connectivity index (χ3n) is 6.98. The minimum Gasteiger partial charge on any atom is -0.370 e. The fourth-order valence-electron chi connectivity index (χ4n) is 5.10. The summed E-state index contributed by atoms with van der Waals surface area (Å²) in [5, 5.41) is 4.56. The molecule has 1 aromatic heterocycles. The molecule has 4 nitrogen and oxygen atoms in total. The molecule has 2 aromatic rings. The smallest absolute Gasteiger partial charge is 0.251 e. The summed E-state index contributed by atoms with van der Waals surface area (Å²) in [5.41, 5.74) is 5.64. The molecular weight excluding hydrogens is 394 g/mol. The zero-order chi connectivity index (χ0) is 22.3. The van der Waals surface area contributed by atoms with Crippen molar-refractivity contribution in [2.75, 3.05) is 18.0 Å². The summed E-state index contributed by atoms with van der Waals surface area (Å²) in [6.45, 7) is 6.69. The number of hydrogen-bond donors (Lipinski definition) is 2. The van der Waals surface area contributed by atoms with Crippen molar-refractivity contribution in [3.05, 3.63) is 47.2 Å². The number of allylic oxidation sites excluding steroid dienone is 1. The first-order valence-electron chi connectivity index (χ1n) is 12.8. The van der Waals surface area contributed by atoms with Gasteiger partial charge >= 0.3 is 0 Å². The van der Waals surface area contributed by atoms with E-state index in [0.717, 1.165) is 43.6 Å². The molecule has 172 valence electrons. The Hall–Kier alpha value is -2.49. The second-order valence-corrected chi connectivity index (χ2v) is 9.43. The Bertz CT molecular complexity index is 970. The van der Waals surface area contributed by atoms with Crippen LogP contribution < -0.4 is 10.2 Å². The maximum atomic E-state index is 13.0. The van der Waals surface area contributed by atoms with E-state index in [1.54, 1.807) is 0 Å². The SMILES string of the molecule is CCCCN(CCCC)c1cccc2c3c([nH]c12)C=C(C(=O)NC1CCCCC1)C=CC3. The van der Waals surface area contributed by atoms with Crippen LogP contribution in [0, 0.1) is 0 Å². The normalized spacial score (nSPS) is 16.5. The topological polar surface area (TPSA) is 48.1 Å². The number of carbonyl (C=O) groups is 1. The van der Waals surface area contributed by atoms with Crippen molar-refractivity contribution >= 4 is 28.6 Å². The lowest BCUT2D eigenvalue weighted by atomic mass is 9.95. The van der Waals surface area contributed by atoms with Crippen molar-refractivity contribution in [2.24, 2.45) is 0 Å². The Morgan fingerprint density at radius 2 is 1.84 bits per heavy atom. The van der Waals surface area contributed by atoms with E-state index in [4.69, 9.17) is 0 Å². The number of aromatic nitrogens is 1. The highest BCUT2D eigenvalue weighted by molar-refractivity contribution is 6.03. The zero-order valence-electron chi connectivity index (χ0n) is 19.9. The molecule has 1 saturated carbocycles. The summed E-state index contributed by atoms with van der Waals surface area (Å²) in [5.74, 6) is 0.0624. The first-order chi connectivity index (χ1) is 15.7. The van der Waals surface area contributed by atoms with Gasteiger partial charge in [-0.2, -0.15) is 0 Å². The number of nitrogens with zero attached hydrogens (tertiary/aromatic N) is 1. The van der Waals surface area contributed by atoms with Crippen LogP contribution in [0.5, 0.6) is 0 Å². The lowest BCUT2D eigenvalue weighted by molar-refractivity contribution is -0.118. The summed E-state index contributed by atoms with van der Waals surface area (Å²) < 4.78 is 0. The Kier molecular flexibility index (Phi) is 7.72. The van der Waals surface area contributed by atoms with E-state index in [1.807, 2.05) is 6.08 Å². The Morgan fingerprint density at radius 3 is 2.56 bits per heavy atom. The van der Waals surface area contributed by atoms with Gasteiger partial charge in [0.05, 0.1) is 11.2 Å². The number of fused-ring (bicyclic) bond motifs is 3. The monoisotopic (exact) mass is 433 g/mol. The molecular formula is C28H39N3O. The molecule has 1 amide bonds. The quantitative estimate of drug-likeness (QED) is 0.473. The predicted octanol–water partition coefficient (Wildman–Crippen LogP) is 6.52. The van der Waals surface area contributed by atoms with Crippen LogP contribution in [0.25, 0.3) is 17.0 Å². The Morgan fingerprint density at radius 1 is 1.09 bits per heavy atom. The highest BCUT2D eigenvalue weighted by atomic mass is 16.1. The molecule has 1 heterocycles. The van der Waals surface area contributed by atoms with E-state index < -0.39 is 0 Å². The molecule has 0 unspecified atom stereocenters. The van der Waals surface area contributed by atoms with Crippen molar-refractivity contribution in [1.29, 1.82) is 0 Å².